The van der Waals surface area contributed by atoms with Crippen LogP contribution < -0.4 is 20.1 Å². The number of hydrogen-bond acceptors (Lipinski definition) is 8. The molecule has 2 heterocycles. The Morgan fingerprint density at radius 1 is 1.14 bits per heavy atom. The maximum absolute atomic E-state index is 12.7. The van der Waals surface area contributed by atoms with Crippen LogP contribution in [0.3, 0.4) is 0 Å². The number of methoxy groups -OCH3 is 2. The number of hydrogen-bond donors (Lipinski definition) is 4. The smallest absolute Gasteiger partial charge is 0.257 e. The van der Waals surface area contributed by atoms with E-state index in [-0.39, 0.29) is 24.3 Å². The Morgan fingerprint density at radius 3 is 2.71 bits per heavy atom. The minimum absolute atomic E-state index is 0.0120. The summed E-state index contributed by atoms with van der Waals surface area (Å²) in [5.74, 6) is 2.23. The van der Waals surface area contributed by atoms with E-state index in [1.54, 1.807) is 13.3 Å². The van der Waals surface area contributed by atoms with Gasteiger partial charge in [0, 0.05) is 30.0 Å². The standard InChI is InChI=1S/C25H26N6O4/c1-34-17-6-4-15(5-7-17)27-24(33)20-12-19(20)14-3-8-18-21(11-14)30-31-22(18)29-23-25(35-2)28-16(9-10-32)13-26-23/h3-8,11,13,19-20,32H,9-10,12H2,1-2H3,(H,27,33)(H2,26,29,30,31)/t19-,20?/m0/s1. The molecule has 1 saturated carbocycles. The van der Waals surface area contributed by atoms with E-state index in [0.29, 0.717) is 29.6 Å². The van der Waals surface area contributed by atoms with E-state index in [1.807, 2.05) is 42.5 Å². The van der Waals surface area contributed by atoms with Crippen molar-refractivity contribution in [2.24, 2.45) is 5.92 Å². The molecule has 5 rings (SSSR count). The molecule has 10 nitrogen and oxygen atoms in total. The number of nitrogens with zero attached hydrogens (tertiary/aromatic N) is 3. The lowest BCUT2D eigenvalue weighted by Crippen LogP contribution is -2.14. The van der Waals surface area contributed by atoms with Crippen molar-refractivity contribution in [1.29, 1.82) is 0 Å². The Kier molecular flexibility index (Phi) is 6.19. The van der Waals surface area contributed by atoms with Gasteiger partial charge in [-0.2, -0.15) is 5.10 Å². The van der Waals surface area contributed by atoms with Gasteiger partial charge in [0.15, 0.2) is 11.6 Å². The molecular formula is C25H26N6O4. The molecule has 4 aromatic rings. The second-order valence-electron chi connectivity index (χ2n) is 8.36. The van der Waals surface area contributed by atoms with Crippen LogP contribution >= 0.6 is 0 Å². The van der Waals surface area contributed by atoms with Crippen molar-refractivity contribution >= 4 is 34.1 Å². The molecule has 2 aromatic heterocycles. The Balaban J connectivity index is 1.27. The lowest BCUT2D eigenvalue weighted by Gasteiger charge is -2.09. The molecule has 0 spiro atoms. The van der Waals surface area contributed by atoms with Gasteiger partial charge in [0.2, 0.25) is 5.91 Å². The van der Waals surface area contributed by atoms with Gasteiger partial charge in [0.25, 0.3) is 5.88 Å². The molecule has 2 atom stereocenters. The number of rotatable bonds is 9. The van der Waals surface area contributed by atoms with Crippen molar-refractivity contribution in [3.8, 4) is 11.6 Å². The number of amides is 1. The Bertz CT molecular complexity index is 1350. The van der Waals surface area contributed by atoms with Gasteiger partial charge in [-0.05, 0) is 54.3 Å². The fraction of sp³-hybridized carbons (Fsp3) is 0.280. The molecule has 1 fully saturated rings. The largest absolute Gasteiger partial charge is 0.497 e. The second kappa shape index (κ2) is 9.59. The van der Waals surface area contributed by atoms with Crippen LogP contribution in [0.2, 0.25) is 0 Å². The predicted molar refractivity (Wildman–Crippen MR) is 131 cm³/mol. The zero-order valence-corrected chi connectivity index (χ0v) is 19.4. The minimum atomic E-state index is -0.0629. The highest BCUT2D eigenvalue weighted by Crippen LogP contribution is 2.48. The molecular weight excluding hydrogens is 448 g/mol. The van der Waals surface area contributed by atoms with Crippen LogP contribution in [0.15, 0.2) is 48.7 Å². The van der Waals surface area contributed by atoms with Crippen LogP contribution in [0.25, 0.3) is 10.9 Å². The normalized spacial score (nSPS) is 16.7. The summed E-state index contributed by atoms with van der Waals surface area (Å²) in [5, 5.41) is 23.6. The minimum Gasteiger partial charge on any atom is -0.497 e. The number of aliphatic hydroxyl groups is 1. The lowest BCUT2D eigenvalue weighted by atomic mass is 10.1. The van der Waals surface area contributed by atoms with Gasteiger partial charge < -0.3 is 25.2 Å². The average Bonchev–Trinajstić information content (AvgIpc) is 3.60. The molecule has 180 valence electrons. The Hall–Kier alpha value is -4.18. The summed E-state index contributed by atoms with van der Waals surface area (Å²) in [6.45, 7) is -0.0120. The molecule has 4 N–H and O–H groups in total. The van der Waals surface area contributed by atoms with Crippen molar-refractivity contribution in [3.63, 3.8) is 0 Å². The number of carbonyl (C=O) groups excluding carboxylic acids is 1. The number of carbonyl (C=O) groups is 1. The lowest BCUT2D eigenvalue weighted by molar-refractivity contribution is -0.117. The van der Waals surface area contributed by atoms with Crippen LogP contribution in [0.1, 0.15) is 23.6 Å². The van der Waals surface area contributed by atoms with E-state index in [2.05, 4.69) is 30.8 Å². The maximum atomic E-state index is 12.7. The zero-order valence-electron chi connectivity index (χ0n) is 19.4. The molecule has 0 bridgehead atoms. The van der Waals surface area contributed by atoms with Crippen molar-refractivity contribution < 1.29 is 19.4 Å². The summed E-state index contributed by atoms with van der Waals surface area (Å²) >= 11 is 0. The maximum Gasteiger partial charge on any atom is 0.257 e. The van der Waals surface area contributed by atoms with Crippen molar-refractivity contribution in [2.45, 2.75) is 18.8 Å². The van der Waals surface area contributed by atoms with Gasteiger partial charge in [0.05, 0.1) is 31.6 Å². The Morgan fingerprint density at radius 2 is 1.97 bits per heavy atom. The number of nitrogens with one attached hydrogen (secondary N) is 3. The number of ether oxygens (including phenoxy) is 2. The number of aliphatic hydroxyl groups excluding tert-OH is 1. The molecule has 1 aliphatic carbocycles. The van der Waals surface area contributed by atoms with Gasteiger partial charge in [0.1, 0.15) is 5.75 Å². The summed E-state index contributed by atoms with van der Waals surface area (Å²) in [4.78, 5) is 21.4. The zero-order chi connectivity index (χ0) is 24.4. The fourth-order valence-electron chi connectivity index (χ4n) is 4.11. The molecule has 35 heavy (non-hydrogen) atoms. The van der Waals surface area contributed by atoms with Gasteiger partial charge in [-0.15, -0.1) is 0 Å². The van der Waals surface area contributed by atoms with E-state index in [1.165, 1.54) is 7.11 Å². The van der Waals surface area contributed by atoms with Crippen LogP contribution in [-0.4, -0.2) is 52.0 Å². The molecule has 1 aliphatic rings. The molecule has 10 heteroatoms. The first-order valence-electron chi connectivity index (χ1n) is 11.3. The van der Waals surface area contributed by atoms with Crippen LogP contribution in [-0.2, 0) is 11.2 Å². The summed E-state index contributed by atoms with van der Waals surface area (Å²) < 4.78 is 10.5. The first kappa shape index (κ1) is 22.6. The quantitative estimate of drug-likeness (QED) is 0.290. The van der Waals surface area contributed by atoms with E-state index < -0.39 is 0 Å². The molecule has 0 aliphatic heterocycles. The van der Waals surface area contributed by atoms with Crippen LogP contribution in [0, 0.1) is 5.92 Å². The fourth-order valence-corrected chi connectivity index (χ4v) is 4.11. The number of anilines is 3. The third-order valence-electron chi connectivity index (χ3n) is 6.09. The molecule has 2 aromatic carbocycles. The van der Waals surface area contributed by atoms with E-state index in [9.17, 15) is 4.79 Å². The summed E-state index contributed by atoms with van der Waals surface area (Å²) in [7, 11) is 3.13. The molecule has 1 unspecified atom stereocenters. The van der Waals surface area contributed by atoms with E-state index in [4.69, 9.17) is 14.6 Å². The average molecular weight is 475 g/mol. The number of benzene rings is 2. The van der Waals surface area contributed by atoms with Crippen molar-refractivity contribution in [3.05, 3.63) is 59.9 Å². The number of aromatic nitrogens is 4. The first-order chi connectivity index (χ1) is 17.1. The number of H-pyrrole nitrogens is 1. The molecule has 1 amide bonds. The van der Waals surface area contributed by atoms with Gasteiger partial charge >= 0.3 is 0 Å². The topological polar surface area (TPSA) is 134 Å². The third kappa shape index (κ3) is 4.73. The van der Waals surface area contributed by atoms with Crippen molar-refractivity contribution in [2.75, 3.05) is 31.5 Å². The van der Waals surface area contributed by atoms with Gasteiger partial charge in [-0.25, -0.2) is 9.97 Å². The van der Waals surface area contributed by atoms with Crippen LogP contribution in [0.5, 0.6) is 11.6 Å². The summed E-state index contributed by atoms with van der Waals surface area (Å²) in [6, 6.07) is 13.4. The summed E-state index contributed by atoms with van der Waals surface area (Å²) in [5.41, 5.74) is 3.34. The Labute approximate surface area is 201 Å². The summed E-state index contributed by atoms with van der Waals surface area (Å²) in [6.07, 6.45) is 2.80. The van der Waals surface area contributed by atoms with E-state index in [0.717, 1.165) is 34.3 Å². The highest BCUT2D eigenvalue weighted by molar-refractivity contribution is 5.96. The van der Waals surface area contributed by atoms with Gasteiger partial charge in [-0.1, -0.05) is 6.07 Å². The van der Waals surface area contributed by atoms with Gasteiger partial charge in [-0.3, -0.25) is 9.89 Å². The highest BCUT2D eigenvalue weighted by Gasteiger charge is 2.44. The molecule has 0 saturated heterocycles. The number of aromatic amines is 1. The third-order valence-corrected chi connectivity index (χ3v) is 6.09. The molecule has 0 radical (unpaired) electrons. The number of fused-ring (bicyclic) bond motifs is 1. The highest BCUT2D eigenvalue weighted by atomic mass is 16.5. The first-order valence-corrected chi connectivity index (χ1v) is 11.3. The second-order valence-corrected chi connectivity index (χ2v) is 8.36. The SMILES string of the molecule is COc1ccc(NC(=O)C2C[C@H]2c2ccc3c(Nc4ncc(CCO)nc4OC)n[nH]c3c2)cc1. The van der Waals surface area contributed by atoms with Crippen LogP contribution in [0.4, 0.5) is 17.3 Å². The van der Waals surface area contributed by atoms with E-state index >= 15 is 0 Å². The monoisotopic (exact) mass is 474 g/mol. The van der Waals surface area contributed by atoms with Crippen molar-refractivity contribution in [1.82, 2.24) is 20.2 Å². The predicted octanol–water partition coefficient (Wildman–Crippen LogP) is 3.39.